The Morgan fingerprint density at radius 1 is 1.28 bits per heavy atom. The van der Waals surface area contributed by atoms with Gasteiger partial charge in [-0.2, -0.15) is 0 Å². The van der Waals surface area contributed by atoms with Crippen molar-refractivity contribution in [3.63, 3.8) is 0 Å². The number of methoxy groups -OCH3 is 2. The van der Waals surface area contributed by atoms with Gasteiger partial charge in [-0.1, -0.05) is 30.3 Å². The molecule has 0 heterocycles. The van der Waals surface area contributed by atoms with Gasteiger partial charge in [0.1, 0.15) is 6.04 Å². The molecule has 1 N–H and O–H groups in total. The van der Waals surface area contributed by atoms with E-state index in [0.29, 0.717) is 12.1 Å². The highest BCUT2D eigenvalue weighted by Gasteiger charge is 2.33. The molecule has 4 heteroatoms. The molecule has 0 radical (unpaired) electrons. The minimum atomic E-state index is -0.390. The lowest BCUT2D eigenvalue weighted by atomic mass is 9.88. The van der Waals surface area contributed by atoms with Crippen LogP contribution >= 0.6 is 0 Å². The summed E-state index contributed by atoms with van der Waals surface area (Å²) in [6.45, 7) is 0. The second kappa shape index (κ2) is 5.98. The van der Waals surface area contributed by atoms with E-state index in [4.69, 9.17) is 9.47 Å². The third kappa shape index (κ3) is 2.89. The van der Waals surface area contributed by atoms with Crippen LogP contribution in [0.3, 0.4) is 0 Å². The molecule has 1 aliphatic carbocycles. The van der Waals surface area contributed by atoms with Crippen molar-refractivity contribution < 1.29 is 14.3 Å². The maximum atomic E-state index is 11.8. The van der Waals surface area contributed by atoms with Crippen molar-refractivity contribution in [1.29, 1.82) is 0 Å². The maximum absolute atomic E-state index is 11.8. The topological polar surface area (TPSA) is 47.6 Å². The molecule has 0 saturated heterocycles. The number of esters is 1. The van der Waals surface area contributed by atoms with Crippen molar-refractivity contribution in [2.24, 2.45) is 0 Å². The van der Waals surface area contributed by atoms with Crippen molar-refractivity contribution in [2.45, 2.75) is 31.0 Å². The molecular formula is C14H19NO3. The molecular weight excluding hydrogens is 230 g/mol. The first-order chi connectivity index (χ1) is 8.74. The molecule has 2 rings (SSSR count). The fourth-order valence-corrected chi connectivity index (χ4v) is 2.19. The van der Waals surface area contributed by atoms with E-state index >= 15 is 0 Å². The Morgan fingerprint density at radius 3 is 2.50 bits per heavy atom. The van der Waals surface area contributed by atoms with Crippen LogP contribution in [0.1, 0.15) is 24.4 Å². The molecule has 18 heavy (non-hydrogen) atoms. The summed E-state index contributed by atoms with van der Waals surface area (Å²) in [5.74, 6) is -0.248. The summed E-state index contributed by atoms with van der Waals surface area (Å²) in [6, 6.07) is 9.57. The zero-order valence-electron chi connectivity index (χ0n) is 10.8. The van der Waals surface area contributed by atoms with Crippen LogP contribution in [0.25, 0.3) is 0 Å². The molecule has 0 aliphatic heterocycles. The summed E-state index contributed by atoms with van der Waals surface area (Å²) in [4.78, 5) is 11.8. The number of rotatable bonds is 5. The normalized spacial score (nSPS) is 24.1. The molecule has 1 aromatic rings. The van der Waals surface area contributed by atoms with Crippen LogP contribution in [0.15, 0.2) is 30.3 Å². The van der Waals surface area contributed by atoms with E-state index in [1.54, 1.807) is 7.11 Å². The van der Waals surface area contributed by atoms with E-state index in [0.717, 1.165) is 18.4 Å². The molecule has 1 aliphatic rings. The predicted octanol–water partition coefficient (Wildman–Crippen LogP) is 1.67. The average Bonchev–Trinajstić information content (AvgIpc) is 2.38. The summed E-state index contributed by atoms with van der Waals surface area (Å²) < 4.78 is 10.1. The lowest BCUT2D eigenvalue weighted by Crippen LogP contribution is -2.48. The van der Waals surface area contributed by atoms with Gasteiger partial charge in [-0.3, -0.25) is 5.32 Å². The summed E-state index contributed by atoms with van der Waals surface area (Å²) in [7, 11) is 3.13. The van der Waals surface area contributed by atoms with Crippen LogP contribution in [0.5, 0.6) is 0 Å². The van der Waals surface area contributed by atoms with Crippen LogP contribution in [-0.2, 0) is 14.3 Å². The monoisotopic (exact) mass is 249 g/mol. The van der Waals surface area contributed by atoms with Gasteiger partial charge in [0.05, 0.1) is 13.2 Å². The summed E-state index contributed by atoms with van der Waals surface area (Å²) in [5, 5.41) is 3.33. The van der Waals surface area contributed by atoms with Crippen LogP contribution in [0.2, 0.25) is 0 Å². The molecule has 0 aromatic heterocycles. The second-order valence-corrected chi connectivity index (χ2v) is 4.56. The van der Waals surface area contributed by atoms with E-state index in [1.165, 1.54) is 7.11 Å². The van der Waals surface area contributed by atoms with Crippen molar-refractivity contribution >= 4 is 5.97 Å². The van der Waals surface area contributed by atoms with Gasteiger partial charge in [0, 0.05) is 13.2 Å². The van der Waals surface area contributed by atoms with Gasteiger partial charge in [0.25, 0.3) is 0 Å². The summed E-state index contributed by atoms with van der Waals surface area (Å²) in [5.41, 5.74) is 0.935. The number of benzene rings is 1. The SMILES string of the molecule is COC(=O)C(NC1CC(OC)C1)c1ccccc1. The van der Waals surface area contributed by atoms with Gasteiger partial charge in [-0.25, -0.2) is 4.79 Å². The average molecular weight is 249 g/mol. The van der Waals surface area contributed by atoms with E-state index in [-0.39, 0.29) is 12.0 Å². The van der Waals surface area contributed by atoms with Gasteiger partial charge in [-0.05, 0) is 18.4 Å². The van der Waals surface area contributed by atoms with Gasteiger partial charge >= 0.3 is 5.97 Å². The molecule has 0 bridgehead atoms. The number of carbonyl (C=O) groups excluding carboxylic acids is 1. The van der Waals surface area contributed by atoms with E-state index in [9.17, 15) is 4.79 Å². The molecule has 1 saturated carbocycles. The number of ether oxygens (including phenoxy) is 2. The Labute approximate surface area is 107 Å². The third-order valence-corrected chi connectivity index (χ3v) is 3.40. The lowest BCUT2D eigenvalue weighted by molar-refractivity contribution is -0.144. The van der Waals surface area contributed by atoms with Crippen molar-refractivity contribution in [3.8, 4) is 0 Å². The van der Waals surface area contributed by atoms with Gasteiger partial charge in [0.2, 0.25) is 0 Å². The Balaban J connectivity index is 2.01. The highest BCUT2D eigenvalue weighted by molar-refractivity contribution is 5.77. The number of nitrogens with one attached hydrogen (secondary N) is 1. The first-order valence-corrected chi connectivity index (χ1v) is 6.16. The van der Waals surface area contributed by atoms with Gasteiger partial charge in [0.15, 0.2) is 0 Å². The van der Waals surface area contributed by atoms with E-state index < -0.39 is 0 Å². The highest BCUT2D eigenvalue weighted by Crippen LogP contribution is 2.26. The molecule has 98 valence electrons. The predicted molar refractivity (Wildman–Crippen MR) is 68.2 cm³/mol. The Hall–Kier alpha value is -1.39. The number of carbonyl (C=O) groups is 1. The minimum Gasteiger partial charge on any atom is -0.468 e. The van der Waals surface area contributed by atoms with Gasteiger partial charge < -0.3 is 9.47 Å². The number of hydrogen-bond acceptors (Lipinski definition) is 4. The molecule has 0 amide bonds. The van der Waals surface area contributed by atoms with Crippen LogP contribution in [0, 0.1) is 0 Å². The Morgan fingerprint density at radius 2 is 1.94 bits per heavy atom. The lowest BCUT2D eigenvalue weighted by Gasteiger charge is -2.36. The van der Waals surface area contributed by atoms with Crippen LogP contribution < -0.4 is 5.32 Å². The Bertz CT molecular complexity index is 387. The molecule has 0 spiro atoms. The van der Waals surface area contributed by atoms with E-state index in [2.05, 4.69) is 5.32 Å². The zero-order chi connectivity index (χ0) is 13.0. The smallest absolute Gasteiger partial charge is 0.327 e. The van der Waals surface area contributed by atoms with Crippen molar-refractivity contribution in [1.82, 2.24) is 5.32 Å². The van der Waals surface area contributed by atoms with Gasteiger partial charge in [-0.15, -0.1) is 0 Å². The molecule has 4 nitrogen and oxygen atoms in total. The van der Waals surface area contributed by atoms with E-state index in [1.807, 2.05) is 30.3 Å². The second-order valence-electron chi connectivity index (χ2n) is 4.56. The zero-order valence-corrected chi connectivity index (χ0v) is 10.8. The Kier molecular flexibility index (Phi) is 4.33. The largest absolute Gasteiger partial charge is 0.468 e. The third-order valence-electron chi connectivity index (χ3n) is 3.40. The number of hydrogen-bond donors (Lipinski definition) is 1. The quantitative estimate of drug-likeness (QED) is 0.806. The standard InChI is InChI=1S/C14H19NO3/c1-17-12-8-11(9-12)15-13(14(16)18-2)10-6-4-3-5-7-10/h3-7,11-13,15H,8-9H2,1-2H3. The first-order valence-electron chi connectivity index (χ1n) is 6.16. The first kappa shape index (κ1) is 13.1. The fraction of sp³-hybridized carbons (Fsp3) is 0.500. The molecule has 1 aromatic carbocycles. The molecule has 1 atom stereocenters. The van der Waals surface area contributed by atoms with Crippen molar-refractivity contribution in [2.75, 3.05) is 14.2 Å². The van der Waals surface area contributed by atoms with Crippen LogP contribution in [-0.4, -0.2) is 32.3 Å². The molecule has 1 fully saturated rings. The summed E-state index contributed by atoms with van der Waals surface area (Å²) >= 11 is 0. The van der Waals surface area contributed by atoms with Crippen molar-refractivity contribution in [3.05, 3.63) is 35.9 Å². The van der Waals surface area contributed by atoms with Crippen LogP contribution in [0.4, 0.5) is 0 Å². The molecule has 1 unspecified atom stereocenters. The fourth-order valence-electron chi connectivity index (χ4n) is 2.19. The maximum Gasteiger partial charge on any atom is 0.327 e. The minimum absolute atomic E-state index is 0.248. The highest BCUT2D eigenvalue weighted by atomic mass is 16.5. The summed E-state index contributed by atoms with van der Waals surface area (Å²) in [6.07, 6.45) is 2.20.